The molecule has 18 nitrogen and oxygen atoms in total. The summed E-state index contributed by atoms with van der Waals surface area (Å²) < 4.78 is 57.8. The maximum absolute atomic E-state index is 13.6. The molecule has 2 amide bonds. The van der Waals surface area contributed by atoms with E-state index in [2.05, 4.69) is 30.6 Å². The highest BCUT2D eigenvalue weighted by molar-refractivity contribution is 8.19. The molecule has 0 unspecified atom stereocenters. The lowest BCUT2D eigenvalue weighted by molar-refractivity contribution is -0.138. The van der Waals surface area contributed by atoms with Crippen molar-refractivity contribution in [2.45, 2.75) is 57.3 Å². The molecule has 0 saturated carbocycles. The molecule has 2 atom stereocenters. The number of hydrogen-bond donors (Lipinski definition) is 10. The minimum Gasteiger partial charge on any atom is -0.480 e. The number of benzene rings is 2. The predicted molar refractivity (Wildman–Crippen MR) is 195 cm³/mol. The molecule has 0 fully saturated rings. The molecule has 0 aliphatic rings. The SMILES string of the molecule is Cc1cc(C)c(S(=O)(=O)N[C@@H](CNC(=O)c2cn(CCCNC(=O)[C@@H](N)CS(O)(O)O)c3cc(CNc4ncc[nH]4)ccc3c2=O)C(=O)O)c(C)c1. The number of carbonyl (C=O) groups is 3. The number of hydrogen-bond acceptors (Lipinski definition) is 12. The molecule has 0 aliphatic heterocycles. The van der Waals surface area contributed by atoms with Crippen LogP contribution in [-0.4, -0.2) is 90.4 Å². The second-order valence-electron chi connectivity index (χ2n) is 12.2. The van der Waals surface area contributed by atoms with Crippen molar-refractivity contribution in [3.05, 3.63) is 87.0 Å². The maximum atomic E-state index is 13.6. The zero-order chi connectivity index (χ0) is 38.4. The van der Waals surface area contributed by atoms with Gasteiger partial charge in [-0.15, -0.1) is 0 Å². The Labute approximate surface area is 300 Å². The Bertz CT molecular complexity index is 2090. The summed E-state index contributed by atoms with van der Waals surface area (Å²) in [5.41, 5.74) is 7.49. The number of nitrogens with one attached hydrogen (secondary N) is 5. The summed E-state index contributed by atoms with van der Waals surface area (Å²) in [5.74, 6) is -3.46. The van der Waals surface area contributed by atoms with Gasteiger partial charge in [0.1, 0.15) is 11.6 Å². The molecule has 11 N–H and O–H groups in total. The molecular formula is C32H42N8O10S2. The van der Waals surface area contributed by atoms with Gasteiger partial charge in [0.2, 0.25) is 21.4 Å². The van der Waals surface area contributed by atoms with E-state index in [4.69, 9.17) is 5.73 Å². The number of imidazole rings is 1. The second-order valence-corrected chi connectivity index (χ2v) is 15.5. The number of nitrogens with two attached hydrogens (primary N) is 1. The third-order valence-electron chi connectivity index (χ3n) is 7.90. The Morgan fingerprint density at radius 2 is 1.73 bits per heavy atom. The summed E-state index contributed by atoms with van der Waals surface area (Å²) >= 11 is 0. The van der Waals surface area contributed by atoms with Gasteiger partial charge in [0.15, 0.2) is 5.95 Å². The standard InChI is InChI=1S/C32H42N8O10S2/c1-18-11-19(2)28(20(3)12-18)52(49,50)39-25(31(44)45)15-37-29(42)23-16-40(10-4-7-34-30(43)24(33)17-51(46,47)48)26-13-21(5-6-22(26)27(23)41)14-38-32-35-8-9-36-32/h5-6,8-9,11-13,16,24-25,39,46-48H,4,7,10,14-15,17,33H2,1-3H3,(H,34,43)(H,37,42)(H,44,45)(H2,35,36,38)/t24-,25-/m0/s1. The van der Waals surface area contributed by atoms with Crippen molar-refractivity contribution in [2.24, 2.45) is 5.73 Å². The van der Waals surface area contributed by atoms with Crippen molar-refractivity contribution in [3.8, 4) is 0 Å². The Morgan fingerprint density at radius 3 is 2.35 bits per heavy atom. The molecule has 2 heterocycles. The van der Waals surface area contributed by atoms with Crippen LogP contribution >= 0.6 is 10.9 Å². The van der Waals surface area contributed by atoms with Crippen molar-refractivity contribution in [3.63, 3.8) is 0 Å². The van der Waals surface area contributed by atoms with E-state index in [1.165, 1.54) is 6.20 Å². The number of rotatable bonds is 17. The van der Waals surface area contributed by atoms with Gasteiger partial charge in [-0.25, -0.2) is 13.4 Å². The molecule has 2 aromatic heterocycles. The van der Waals surface area contributed by atoms with Crippen LogP contribution in [0.5, 0.6) is 0 Å². The third-order valence-corrected chi connectivity index (χ3v) is 10.5. The van der Waals surface area contributed by atoms with Gasteiger partial charge >= 0.3 is 5.97 Å². The van der Waals surface area contributed by atoms with Crippen molar-refractivity contribution in [2.75, 3.05) is 24.2 Å². The number of anilines is 1. The highest BCUT2D eigenvalue weighted by Gasteiger charge is 2.29. The number of carbonyl (C=O) groups excluding carboxylic acids is 2. The smallest absolute Gasteiger partial charge is 0.323 e. The van der Waals surface area contributed by atoms with Crippen LogP contribution in [0.2, 0.25) is 0 Å². The molecule has 0 aliphatic carbocycles. The molecule has 4 rings (SSSR count). The summed E-state index contributed by atoms with van der Waals surface area (Å²) in [6.45, 7) is 4.83. The maximum Gasteiger partial charge on any atom is 0.323 e. The zero-order valence-corrected chi connectivity index (χ0v) is 30.2. The molecule has 4 aromatic rings. The number of sulfonamides is 1. The van der Waals surface area contributed by atoms with Crippen molar-refractivity contribution >= 4 is 55.5 Å². The summed E-state index contributed by atoms with van der Waals surface area (Å²) in [5, 5.41) is 18.0. The Morgan fingerprint density at radius 1 is 1.04 bits per heavy atom. The number of aromatic nitrogens is 3. The van der Waals surface area contributed by atoms with E-state index in [9.17, 15) is 46.4 Å². The van der Waals surface area contributed by atoms with E-state index in [1.807, 2.05) is 0 Å². The molecule has 20 heteroatoms. The van der Waals surface area contributed by atoms with E-state index < -0.39 is 68.5 Å². The van der Waals surface area contributed by atoms with Crippen LogP contribution in [0.3, 0.4) is 0 Å². The first-order valence-corrected chi connectivity index (χ1v) is 19.0. The molecule has 0 radical (unpaired) electrons. The van der Waals surface area contributed by atoms with Gasteiger partial charge < -0.3 is 50.0 Å². The molecule has 0 bridgehead atoms. The summed E-state index contributed by atoms with van der Waals surface area (Å²) in [6, 6.07) is 5.11. The van der Waals surface area contributed by atoms with Crippen LogP contribution in [0.4, 0.5) is 5.95 Å². The molecular weight excluding hydrogens is 721 g/mol. The van der Waals surface area contributed by atoms with E-state index in [1.54, 1.807) is 68.1 Å². The number of nitrogens with zero attached hydrogens (tertiary/aromatic N) is 2. The quantitative estimate of drug-likeness (QED) is 0.0683. The van der Waals surface area contributed by atoms with Crippen LogP contribution in [0.15, 0.2) is 58.6 Å². The van der Waals surface area contributed by atoms with Crippen molar-refractivity contribution < 1.29 is 41.6 Å². The lowest BCUT2D eigenvalue weighted by atomic mass is 10.1. The number of fused-ring (bicyclic) bond motifs is 1. The molecule has 52 heavy (non-hydrogen) atoms. The molecule has 2 aromatic carbocycles. The van der Waals surface area contributed by atoms with Crippen molar-refractivity contribution in [1.82, 2.24) is 29.9 Å². The highest BCUT2D eigenvalue weighted by Crippen LogP contribution is 2.32. The van der Waals surface area contributed by atoms with Gasteiger partial charge in [-0.2, -0.15) is 4.72 Å². The Balaban J connectivity index is 1.57. The molecule has 282 valence electrons. The van der Waals surface area contributed by atoms with Crippen LogP contribution in [-0.2, 0) is 32.7 Å². The van der Waals surface area contributed by atoms with E-state index in [-0.39, 0.29) is 35.4 Å². The largest absolute Gasteiger partial charge is 0.480 e. The first-order chi connectivity index (χ1) is 24.4. The normalized spacial score (nSPS) is 13.4. The monoisotopic (exact) mass is 762 g/mol. The molecule has 0 saturated heterocycles. The van der Waals surface area contributed by atoms with Gasteiger partial charge in [0.25, 0.3) is 5.91 Å². The van der Waals surface area contributed by atoms with E-state index in [0.717, 1.165) is 11.1 Å². The average Bonchev–Trinajstić information content (AvgIpc) is 3.57. The van der Waals surface area contributed by atoms with Gasteiger partial charge in [-0.05, 0) is 56.0 Å². The van der Waals surface area contributed by atoms with Crippen LogP contribution in [0.25, 0.3) is 10.9 Å². The Kier molecular flexibility index (Phi) is 12.8. The first-order valence-electron chi connectivity index (χ1n) is 15.9. The summed E-state index contributed by atoms with van der Waals surface area (Å²) in [4.78, 5) is 58.4. The lowest BCUT2D eigenvalue weighted by Crippen LogP contribution is -2.49. The lowest BCUT2D eigenvalue weighted by Gasteiger charge is -2.22. The third kappa shape index (κ3) is 10.4. The second kappa shape index (κ2) is 16.7. The van der Waals surface area contributed by atoms with Gasteiger partial charge in [-0.3, -0.25) is 19.2 Å². The van der Waals surface area contributed by atoms with E-state index >= 15 is 0 Å². The van der Waals surface area contributed by atoms with Crippen LogP contribution in [0, 0.1) is 20.8 Å². The number of H-pyrrole nitrogens is 1. The van der Waals surface area contributed by atoms with Gasteiger partial charge in [0.05, 0.1) is 33.1 Å². The highest BCUT2D eigenvalue weighted by atomic mass is 32.3. The summed E-state index contributed by atoms with van der Waals surface area (Å²) in [6.07, 6.45) is 4.76. The Hall–Kier alpha value is -4.83. The van der Waals surface area contributed by atoms with Crippen LogP contribution in [0.1, 0.15) is 39.0 Å². The zero-order valence-electron chi connectivity index (χ0n) is 28.5. The van der Waals surface area contributed by atoms with Crippen molar-refractivity contribution in [1.29, 1.82) is 0 Å². The number of amides is 2. The number of pyridine rings is 1. The fourth-order valence-electron chi connectivity index (χ4n) is 5.66. The fourth-order valence-corrected chi connectivity index (χ4v) is 7.93. The van der Waals surface area contributed by atoms with Gasteiger partial charge in [0, 0.05) is 50.2 Å². The number of aliphatic carboxylic acids is 1. The first kappa shape index (κ1) is 39.9. The summed E-state index contributed by atoms with van der Waals surface area (Å²) in [7, 11) is -8.31. The van der Waals surface area contributed by atoms with Gasteiger partial charge in [-0.1, -0.05) is 23.8 Å². The number of carboxylic acids is 1. The number of aryl methyl sites for hydroxylation is 4. The minimum atomic E-state index is -4.33. The fraction of sp³-hybridized carbons (Fsp3) is 0.344. The van der Waals surface area contributed by atoms with Crippen LogP contribution < -0.4 is 31.8 Å². The average molecular weight is 763 g/mol. The topological polar surface area (TPSA) is 291 Å². The predicted octanol–water partition coefficient (Wildman–Crippen LogP) is 1.48. The minimum absolute atomic E-state index is 0.0480. The van der Waals surface area contributed by atoms with E-state index in [0.29, 0.717) is 29.1 Å². The number of aromatic amines is 1. The molecule has 0 spiro atoms. The number of carboxylic acid groups (broad SMARTS) is 1.